The Balaban J connectivity index is 1.63. The van der Waals surface area contributed by atoms with E-state index < -0.39 is 62.2 Å². The molecule has 4 rings (SSSR count). The maximum atomic E-state index is 13.2. The number of carbonyl (C=O) groups is 4. The summed E-state index contributed by atoms with van der Waals surface area (Å²) in [6.45, 7) is 0.589. The number of fused-ring (bicyclic) bond motifs is 2. The Morgan fingerprint density at radius 1 is 1.24 bits per heavy atom. The molecule has 0 saturated carbocycles. The summed E-state index contributed by atoms with van der Waals surface area (Å²) in [5.41, 5.74) is -1.47. The molecule has 0 aromatic heterocycles. The summed E-state index contributed by atoms with van der Waals surface area (Å²) in [4.78, 5) is 69.4. The van der Waals surface area contributed by atoms with Crippen LogP contribution < -0.4 is 0 Å². The van der Waals surface area contributed by atoms with E-state index >= 15 is 0 Å². The second kappa shape index (κ2) is 8.19. The van der Waals surface area contributed by atoms with Crippen molar-refractivity contribution in [3.8, 4) is 0 Å². The number of rotatable bonds is 5. The van der Waals surface area contributed by atoms with Gasteiger partial charge in [0.25, 0.3) is 22.8 Å². The van der Waals surface area contributed by atoms with E-state index in [1.807, 2.05) is 0 Å². The number of esters is 1. The summed E-state index contributed by atoms with van der Waals surface area (Å²) in [7, 11) is 0. The molecule has 3 aliphatic rings. The number of thioether (sulfide) groups is 1. The predicted octanol–water partition coefficient (Wildman–Crippen LogP) is 1.82. The van der Waals surface area contributed by atoms with E-state index in [1.165, 1.54) is 19.1 Å². The number of imide groups is 1. The van der Waals surface area contributed by atoms with E-state index in [2.05, 4.69) is 0 Å². The number of carbonyl (C=O) groups excluding carboxylic acids is 4. The molecule has 11 nitrogen and oxygen atoms in total. The van der Waals surface area contributed by atoms with Crippen LogP contribution in [0, 0.1) is 10.1 Å². The highest BCUT2D eigenvalue weighted by molar-refractivity contribution is 8.00. The Bertz CT molecular complexity index is 1050. The summed E-state index contributed by atoms with van der Waals surface area (Å²) in [6, 6.07) is 3.35. The average molecular weight is 539 g/mol. The third-order valence-electron chi connectivity index (χ3n) is 5.44. The largest absolute Gasteiger partial charge is 0.460 e. The van der Waals surface area contributed by atoms with Crippen LogP contribution in [0.3, 0.4) is 0 Å². The van der Waals surface area contributed by atoms with E-state index in [-0.39, 0.29) is 16.9 Å². The molecule has 2 fully saturated rings. The van der Waals surface area contributed by atoms with Crippen molar-refractivity contribution < 1.29 is 33.8 Å². The van der Waals surface area contributed by atoms with Gasteiger partial charge in [0.15, 0.2) is 11.6 Å². The number of benzene rings is 1. The second-order valence-corrected chi connectivity index (χ2v) is 11.3. The zero-order chi connectivity index (χ0) is 24.3. The summed E-state index contributed by atoms with van der Waals surface area (Å²) in [6.07, 6.45) is 0. The Morgan fingerprint density at radius 2 is 1.82 bits per heavy atom. The molecule has 3 aliphatic heterocycles. The van der Waals surface area contributed by atoms with Crippen LogP contribution in [0.25, 0.3) is 0 Å². The molecular formula is C18H14Cl3N3O8S. The van der Waals surface area contributed by atoms with Gasteiger partial charge in [-0.1, -0.05) is 46.9 Å². The van der Waals surface area contributed by atoms with Crippen LogP contribution in [0.5, 0.6) is 0 Å². The van der Waals surface area contributed by atoms with Gasteiger partial charge < -0.3 is 14.5 Å². The molecule has 1 aromatic carbocycles. The van der Waals surface area contributed by atoms with E-state index in [4.69, 9.17) is 44.4 Å². The zero-order valence-electron chi connectivity index (χ0n) is 16.6. The van der Waals surface area contributed by atoms with Gasteiger partial charge in [-0.15, -0.1) is 21.9 Å². The number of alkyl halides is 3. The minimum absolute atomic E-state index is 0.129. The smallest absolute Gasteiger partial charge is 0.331 e. The number of amides is 3. The van der Waals surface area contributed by atoms with E-state index in [0.29, 0.717) is 0 Å². The number of ether oxygens (including phenoxy) is 1. The third kappa shape index (κ3) is 3.98. The van der Waals surface area contributed by atoms with Crippen LogP contribution in [0.1, 0.15) is 27.6 Å². The van der Waals surface area contributed by atoms with Crippen molar-refractivity contribution in [2.45, 2.75) is 33.8 Å². The molecule has 3 amide bonds. The van der Waals surface area contributed by atoms with Crippen molar-refractivity contribution in [3.63, 3.8) is 0 Å². The van der Waals surface area contributed by atoms with Gasteiger partial charge >= 0.3 is 5.97 Å². The van der Waals surface area contributed by atoms with Gasteiger partial charge in [-0.2, -0.15) is 0 Å². The molecule has 0 radical (unpaired) electrons. The molecule has 1 aromatic rings. The minimum Gasteiger partial charge on any atom is -0.460 e. The summed E-state index contributed by atoms with van der Waals surface area (Å²) in [5, 5.41) is 9.15. The van der Waals surface area contributed by atoms with E-state index in [1.54, 1.807) is 12.1 Å². The fourth-order valence-corrected chi connectivity index (χ4v) is 5.76. The second-order valence-electron chi connectivity index (χ2n) is 7.67. The van der Waals surface area contributed by atoms with Gasteiger partial charge in [-0.05, 0) is 19.1 Å². The molecule has 0 bridgehead atoms. The lowest BCUT2D eigenvalue weighted by Gasteiger charge is -2.57. The summed E-state index contributed by atoms with van der Waals surface area (Å²) < 4.78 is 3.03. The number of nitrogens with zero attached hydrogens (tertiary/aromatic N) is 3. The van der Waals surface area contributed by atoms with Crippen LogP contribution in [0.4, 0.5) is 0 Å². The average Bonchev–Trinajstić information content (AvgIpc) is 2.96. The van der Waals surface area contributed by atoms with Crippen molar-refractivity contribution in [3.05, 3.63) is 45.5 Å². The topological polar surface area (TPSA) is 136 Å². The number of β-lactam (4-membered cyclic amide) rings is 1. The lowest BCUT2D eigenvalue weighted by molar-refractivity contribution is -0.779. The first-order chi connectivity index (χ1) is 15.4. The third-order valence-corrected chi connectivity index (χ3v) is 7.33. The van der Waals surface area contributed by atoms with Crippen molar-refractivity contribution >= 4 is 70.3 Å². The fourth-order valence-electron chi connectivity index (χ4n) is 4.08. The highest BCUT2D eigenvalue weighted by Crippen LogP contribution is 2.47. The highest BCUT2D eigenvalue weighted by atomic mass is 35.6. The Labute approximate surface area is 205 Å². The van der Waals surface area contributed by atoms with Gasteiger partial charge in [0.2, 0.25) is 3.79 Å². The molecule has 3 heterocycles. The van der Waals surface area contributed by atoms with Gasteiger partial charge in [-0.25, -0.2) is 4.79 Å². The van der Waals surface area contributed by atoms with Crippen LogP contribution in [-0.2, 0) is 19.2 Å². The number of hydrogen-bond donors (Lipinski definition) is 0. The van der Waals surface area contributed by atoms with Crippen molar-refractivity contribution in [1.82, 2.24) is 9.80 Å². The first-order valence-electron chi connectivity index (χ1n) is 9.33. The minimum atomic E-state index is -1.96. The normalized spacial score (nSPS) is 28.7. The molecule has 2 saturated heterocycles. The monoisotopic (exact) mass is 537 g/mol. The lowest BCUT2D eigenvalue weighted by atomic mass is 9.90. The highest BCUT2D eigenvalue weighted by Gasteiger charge is 2.66. The van der Waals surface area contributed by atoms with Gasteiger partial charge in [0.05, 0.1) is 11.1 Å². The van der Waals surface area contributed by atoms with Gasteiger partial charge in [0, 0.05) is 5.75 Å². The van der Waals surface area contributed by atoms with E-state index in [9.17, 15) is 29.3 Å². The van der Waals surface area contributed by atoms with Crippen LogP contribution in [0.2, 0.25) is 0 Å². The van der Waals surface area contributed by atoms with Crippen LogP contribution in [-0.4, -0.2) is 77.8 Å². The summed E-state index contributed by atoms with van der Waals surface area (Å²) >= 11 is 17.9. The molecule has 4 atom stereocenters. The molecular weight excluding hydrogens is 525 g/mol. The fraction of sp³-hybridized carbons (Fsp3) is 0.444. The van der Waals surface area contributed by atoms with Gasteiger partial charge in [0.1, 0.15) is 18.0 Å². The molecule has 33 heavy (non-hydrogen) atoms. The maximum Gasteiger partial charge on any atom is 0.331 e. The predicted molar refractivity (Wildman–Crippen MR) is 115 cm³/mol. The van der Waals surface area contributed by atoms with Crippen molar-refractivity contribution in [1.29, 1.82) is 0 Å². The summed E-state index contributed by atoms with van der Waals surface area (Å²) in [5.74, 6) is -3.27. The molecule has 0 N–H and O–H groups in total. The van der Waals surface area contributed by atoms with Crippen molar-refractivity contribution in [2.75, 3.05) is 12.4 Å². The van der Waals surface area contributed by atoms with Crippen LogP contribution in [0.15, 0.2) is 24.3 Å². The molecule has 15 heteroatoms. The molecule has 0 aliphatic carbocycles. The molecule has 0 spiro atoms. The molecule has 2 unspecified atom stereocenters. The van der Waals surface area contributed by atoms with E-state index in [0.717, 1.165) is 21.6 Å². The quantitative estimate of drug-likeness (QED) is 0.137. The first kappa shape index (κ1) is 23.9. The SMILES string of the molecule is C[C@@]1(O[N+](=O)[O-])CS[C@@H]2C(N3C(=O)c4ccccc4C3=O)C(=O)N2C1C(=O)OCC(Cl)(Cl)Cl. The Hall–Kier alpha value is -2.28. The maximum absolute atomic E-state index is 13.2. The van der Waals surface area contributed by atoms with Crippen LogP contribution >= 0.6 is 46.6 Å². The Kier molecular flexibility index (Phi) is 5.92. The lowest BCUT2D eigenvalue weighted by Crippen LogP contribution is -2.79. The standard InChI is InChI=1S/C18H14Cl3N3O8S/c1-17(32-24(29)30)7-33-15-10(22-12(25)8-4-2-3-5-9(8)13(22)26)14(27)23(15)11(17)16(28)31-6-18(19,20)21/h2-5,10-11,15H,6-7H2,1H3/t10?,11?,15-,17-/m1/s1. The van der Waals surface area contributed by atoms with Crippen molar-refractivity contribution in [2.24, 2.45) is 0 Å². The number of halogens is 3. The Morgan fingerprint density at radius 3 is 2.33 bits per heavy atom. The zero-order valence-corrected chi connectivity index (χ0v) is 19.7. The molecule has 176 valence electrons. The number of hydrogen-bond acceptors (Lipinski definition) is 9. The first-order valence-corrected chi connectivity index (χ1v) is 11.5. The van der Waals surface area contributed by atoms with Gasteiger partial charge in [-0.3, -0.25) is 19.3 Å².